The lowest BCUT2D eigenvalue weighted by Crippen LogP contribution is -3.16. The number of halogens is 1. The van der Waals surface area contributed by atoms with Crippen molar-refractivity contribution in [1.82, 2.24) is 10.4 Å². The summed E-state index contributed by atoms with van der Waals surface area (Å²) in [7, 11) is 1.71. The molecule has 6 heteroatoms. The maximum atomic E-state index is 6.80. The van der Waals surface area contributed by atoms with Crippen LogP contribution in [0.4, 0.5) is 0 Å². The highest BCUT2D eigenvalue weighted by Crippen LogP contribution is 2.51. The number of hydrogen-bond donors (Lipinski definition) is 2. The molecule has 1 spiro atoms. The van der Waals surface area contributed by atoms with Crippen LogP contribution in [0.2, 0.25) is 5.02 Å². The van der Waals surface area contributed by atoms with E-state index in [1.807, 2.05) is 30.3 Å². The summed E-state index contributed by atoms with van der Waals surface area (Å²) in [5, 5.41) is 3.06. The van der Waals surface area contributed by atoms with Gasteiger partial charge in [0, 0.05) is 16.1 Å². The van der Waals surface area contributed by atoms with Gasteiger partial charge in [-0.2, -0.15) is 5.01 Å². The van der Waals surface area contributed by atoms with Gasteiger partial charge in [-0.1, -0.05) is 41.9 Å². The summed E-state index contributed by atoms with van der Waals surface area (Å²) >= 11 is 6.53. The quantitative estimate of drug-likeness (QED) is 0.788. The van der Waals surface area contributed by atoms with Crippen molar-refractivity contribution in [3.63, 3.8) is 0 Å². The van der Waals surface area contributed by atoms with E-state index in [1.165, 1.54) is 0 Å². The first-order valence-electron chi connectivity index (χ1n) is 10.8. The lowest BCUT2D eigenvalue weighted by Gasteiger charge is -2.51. The third kappa shape index (κ3) is 3.08. The van der Waals surface area contributed by atoms with E-state index < -0.39 is 5.72 Å². The predicted molar refractivity (Wildman–Crippen MR) is 119 cm³/mol. The van der Waals surface area contributed by atoms with Gasteiger partial charge in [-0.15, -0.1) is 0 Å². The van der Waals surface area contributed by atoms with E-state index in [-0.39, 0.29) is 6.04 Å². The largest absolute Gasteiger partial charge is 0.493 e. The van der Waals surface area contributed by atoms with E-state index in [1.54, 1.807) is 12.0 Å². The smallest absolute Gasteiger partial charge is 0.191 e. The Balaban J connectivity index is 1.58. The molecule has 5 rings (SSSR count). The molecule has 158 valence electrons. The Hall–Kier alpha value is -2.21. The SMILES string of the molecule is COc1cccc2c1OC1(CC[NH+](C(C)C)CC1)N1NC(c3ccccc3Cl)=C[C@@H]21. The number of quaternary nitrogens is 1. The molecule has 2 aromatic carbocycles. The minimum Gasteiger partial charge on any atom is -0.493 e. The molecule has 3 aliphatic heterocycles. The molecule has 0 aliphatic carbocycles. The second kappa shape index (κ2) is 7.49. The number of benzene rings is 2. The summed E-state index contributed by atoms with van der Waals surface area (Å²) in [6, 6.07) is 14.8. The Morgan fingerprint density at radius 1 is 1.17 bits per heavy atom. The van der Waals surface area contributed by atoms with Crippen LogP contribution >= 0.6 is 11.6 Å². The summed E-state index contributed by atoms with van der Waals surface area (Å²) in [4.78, 5) is 1.63. The zero-order chi connectivity index (χ0) is 20.9. The van der Waals surface area contributed by atoms with Crippen LogP contribution in [0.25, 0.3) is 5.70 Å². The van der Waals surface area contributed by atoms with Crippen molar-refractivity contribution in [3.05, 3.63) is 64.7 Å². The molecule has 1 atom stereocenters. The van der Waals surface area contributed by atoms with Crippen LogP contribution in [-0.2, 0) is 0 Å². The molecule has 0 radical (unpaired) electrons. The Labute approximate surface area is 183 Å². The molecular weight excluding hydrogens is 398 g/mol. The second-order valence-corrected chi connectivity index (χ2v) is 9.13. The van der Waals surface area contributed by atoms with Gasteiger partial charge in [-0.25, -0.2) is 0 Å². The van der Waals surface area contributed by atoms with Gasteiger partial charge in [-0.05, 0) is 32.1 Å². The van der Waals surface area contributed by atoms with Crippen LogP contribution in [-0.4, -0.2) is 37.0 Å². The van der Waals surface area contributed by atoms with Gasteiger partial charge in [0.2, 0.25) is 0 Å². The van der Waals surface area contributed by atoms with Gasteiger partial charge < -0.3 is 19.8 Å². The number of piperidine rings is 1. The number of likely N-dealkylation sites (tertiary alicyclic amines) is 1. The summed E-state index contributed by atoms with van der Waals surface area (Å²) < 4.78 is 12.5. The highest BCUT2D eigenvalue weighted by molar-refractivity contribution is 6.32. The molecule has 0 unspecified atom stereocenters. The fraction of sp³-hybridized carbons (Fsp3) is 0.417. The van der Waals surface area contributed by atoms with Crippen LogP contribution in [0.3, 0.4) is 0 Å². The number of methoxy groups -OCH3 is 1. The number of hydrogen-bond acceptors (Lipinski definition) is 4. The molecule has 0 saturated carbocycles. The minimum atomic E-state index is -0.413. The Kier molecular flexibility index (Phi) is 4.92. The van der Waals surface area contributed by atoms with E-state index in [4.69, 9.17) is 21.1 Å². The molecule has 2 N–H and O–H groups in total. The summed E-state index contributed by atoms with van der Waals surface area (Å²) in [6.45, 7) is 6.74. The topological polar surface area (TPSA) is 38.2 Å². The fourth-order valence-corrected chi connectivity index (χ4v) is 5.28. The fourth-order valence-electron chi connectivity index (χ4n) is 5.04. The number of nitrogens with one attached hydrogen (secondary N) is 2. The molecule has 3 aliphatic rings. The van der Waals surface area contributed by atoms with Gasteiger partial charge >= 0.3 is 0 Å². The van der Waals surface area contributed by atoms with Crippen molar-refractivity contribution in [2.45, 2.75) is 44.5 Å². The first-order valence-corrected chi connectivity index (χ1v) is 11.1. The van der Waals surface area contributed by atoms with Gasteiger partial charge in [-0.3, -0.25) is 0 Å². The maximum absolute atomic E-state index is 6.80. The minimum absolute atomic E-state index is 0.0655. The third-order valence-electron chi connectivity index (χ3n) is 6.78. The monoisotopic (exact) mass is 426 g/mol. The first kappa shape index (κ1) is 19.7. The molecule has 1 fully saturated rings. The number of para-hydroxylation sites is 1. The van der Waals surface area contributed by atoms with E-state index in [9.17, 15) is 0 Å². The Bertz CT molecular complexity index is 982. The maximum Gasteiger partial charge on any atom is 0.191 e. The lowest BCUT2D eigenvalue weighted by atomic mass is 9.92. The highest BCUT2D eigenvalue weighted by Gasteiger charge is 2.53. The number of hydrazine groups is 1. The lowest BCUT2D eigenvalue weighted by molar-refractivity contribution is -0.929. The molecule has 0 amide bonds. The van der Waals surface area contributed by atoms with Crippen LogP contribution in [0.1, 0.15) is 43.9 Å². The standard InChI is InChI=1S/C24H28ClN3O2/c1-16(2)27-13-11-24(12-14-27)28-21(18-8-6-10-22(29-3)23(18)30-24)15-20(26-28)17-7-4-5-9-19(17)25/h4-10,15-16,21,26H,11-14H2,1-3H3/p+1/t21-/m0/s1. The molecule has 30 heavy (non-hydrogen) atoms. The predicted octanol–water partition coefficient (Wildman–Crippen LogP) is 3.43. The van der Waals surface area contributed by atoms with Crippen molar-refractivity contribution in [3.8, 4) is 11.5 Å². The zero-order valence-electron chi connectivity index (χ0n) is 17.7. The molecular formula is C24H29ClN3O2+. The van der Waals surface area contributed by atoms with Crippen molar-refractivity contribution in [1.29, 1.82) is 0 Å². The van der Waals surface area contributed by atoms with Crippen LogP contribution in [0.15, 0.2) is 48.5 Å². The Morgan fingerprint density at radius 2 is 1.93 bits per heavy atom. The number of nitrogens with zero attached hydrogens (tertiary/aromatic N) is 1. The van der Waals surface area contributed by atoms with Crippen LogP contribution in [0, 0.1) is 0 Å². The highest BCUT2D eigenvalue weighted by atomic mass is 35.5. The molecule has 3 heterocycles. The van der Waals surface area contributed by atoms with Crippen LogP contribution < -0.4 is 19.8 Å². The van der Waals surface area contributed by atoms with Gasteiger partial charge in [0.15, 0.2) is 17.2 Å². The zero-order valence-corrected chi connectivity index (χ0v) is 18.5. The second-order valence-electron chi connectivity index (χ2n) is 8.73. The Morgan fingerprint density at radius 3 is 2.63 bits per heavy atom. The average Bonchev–Trinajstić information content (AvgIpc) is 3.21. The first-order chi connectivity index (χ1) is 14.5. The number of fused-ring (bicyclic) bond motifs is 4. The van der Waals surface area contributed by atoms with Crippen molar-refractivity contribution < 1.29 is 14.4 Å². The summed E-state index contributed by atoms with van der Waals surface area (Å²) in [6.07, 6.45) is 4.17. The van der Waals surface area contributed by atoms with Gasteiger partial charge in [0.05, 0.1) is 50.8 Å². The average molecular weight is 427 g/mol. The van der Waals surface area contributed by atoms with Gasteiger partial charge in [0.25, 0.3) is 0 Å². The van der Waals surface area contributed by atoms with E-state index in [2.05, 4.69) is 42.5 Å². The van der Waals surface area contributed by atoms with Crippen molar-refractivity contribution >= 4 is 17.3 Å². The molecule has 0 bridgehead atoms. The van der Waals surface area contributed by atoms with E-state index >= 15 is 0 Å². The molecule has 0 aromatic heterocycles. The van der Waals surface area contributed by atoms with Crippen molar-refractivity contribution in [2.24, 2.45) is 0 Å². The normalized spacial score (nSPS) is 27.8. The van der Waals surface area contributed by atoms with Crippen LogP contribution in [0.5, 0.6) is 11.5 Å². The number of ether oxygens (including phenoxy) is 2. The molecule has 5 nitrogen and oxygen atoms in total. The van der Waals surface area contributed by atoms with Crippen molar-refractivity contribution in [2.75, 3.05) is 20.2 Å². The van der Waals surface area contributed by atoms with E-state index in [0.717, 1.165) is 59.3 Å². The molecule has 1 saturated heterocycles. The third-order valence-corrected chi connectivity index (χ3v) is 7.11. The number of rotatable bonds is 3. The van der Waals surface area contributed by atoms with E-state index in [0.29, 0.717) is 6.04 Å². The van der Waals surface area contributed by atoms with Gasteiger partial charge in [0.1, 0.15) is 0 Å². The molecule has 2 aromatic rings. The summed E-state index contributed by atoms with van der Waals surface area (Å²) in [5.74, 6) is 1.66. The summed E-state index contributed by atoms with van der Waals surface area (Å²) in [5.41, 5.74) is 6.42.